The Hall–Kier alpha value is -1.72. The average molecular weight is 294 g/mol. The molecule has 0 bridgehead atoms. The van der Waals surface area contributed by atoms with Crippen molar-refractivity contribution in [1.29, 1.82) is 0 Å². The van der Waals surface area contributed by atoms with Gasteiger partial charge >= 0.3 is 0 Å². The molecule has 4 nitrogen and oxygen atoms in total. The van der Waals surface area contributed by atoms with Crippen LogP contribution in [-0.2, 0) is 6.54 Å². The van der Waals surface area contributed by atoms with E-state index in [0.717, 1.165) is 5.69 Å². The maximum atomic E-state index is 13.0. The van der Waals surface area contributed by atoms with E-state index < -0.39 is 5.82 Å². The van der Waals surface area contributed by atoms with Crippen LogP contribution >= 0.6 is 11.6 Å². The Labute approximate surface area is 121 Å². The number of hydrogen-bond acceptors (Lipinski definition) is 4. The van der Waals surface area contributed by atoms with Gasteiger partial charge in [0.2, 0.25) is 5.88 Å². The van der Waals surface area contributed by atoms with Crippen LogP contribution in [-0.4, -0.2) is 16.0 Å². The van der Waals surface area contributed by atoms with E-state index in [1.54, 1.807) is 12.4 Å². The molecule has 2 aromatic rings. The van der Waals surface area contributed by atoms with Gasteiger partial charge in [0.05, 0.1) is 23.1 Å². The molecule has 20 heavy (non-hydrogen) atoms. The molecular weight excluding hydrogens is 281 g/mol. The molecule has 0 aliphatic heterocycles. The van der Waals surface area contributed by atoms with Crippen LogP contribution in [0.2, 0.25) is 5.02 Å². The molecule has 0 amide bonds. The third kappa shape index (κ3) is 3.43. The van der Waals surface area contributed by atoms with E-state index in [-0.39, 0.29) is 5.02 Å². The van der Waals surface area contributed by atoms with Crippen LogP contribution in [0.3, 0.4) is 0 Å². The predicted octanol–water partition coefficient (Wildman–Crippen LogP) is 3.31. The molecule has 1 N–H and O–H groups in total. The number of halogens is 2. The molecule has 1 fully saturated rings. The second-order valence-electron chi connectivity index (χ2n) is 4.68. The highest BCUT2D eigenvalue weighted by Crippen LogP contribution is 2.24. The normalized spacial score (nSPS) is 14.3. The quantitative estimate of drug-likeness (QED) is 0.919. The molecule has 0 saturated heterocycles. The predicted molar refractivity (Wildman–Crippen MR) is 73.4 cm³/mol. The van der Waals surface area contributed by atoms with E-state index in [1.807, 2.05) is 0 Å². The summed E-state index contributed by atoms with van der Waals surface area (Å²) in [5.41, 5.74) is 0.862. The number of aromatic nitrogens is 2. The minimum absolute atomic E-state index is 0.0145. The third-order valence-corrected chi connectivity index (χ3v) is 3.23. The molecule has 0 spiro atoms. The zero-order valence-electron chi connectivity index (χ0n) is 10.6. The maximum absolute atomic E-state index is 13.0. The lowest BCUT2D eigenvalue weighted by Crippen LogP contribution is -2.16. The lowest BCUT2D eigenvalue weighted by Gasteiger charge is -2.06. The van der Waals surface area contributed by atoms with Crippen LogP contribution in [0.25, 0.3) is 0 Å². The molecule has 1 aromatic carbocycles. The highest BCUT2D eigenvalue weighted by molar-refractivity contribution is 6.30. The molecule has 3 rings (SSSR count). The van der Waals surface area contributed by atoms with Crippen molar-refractivity contribution in [3.8, 4) is 11.6 Å². The van der Waals surface area contributed by atoms with E-state index in [1.165, 1.54) is 31.0 Å². The SMILES string of the molecule is Fc1ccc(Oc2cnc(CNC3CC3)cn2)cc1Cl. The Morgan fingerprint density at radius 2 is 2.15 bits per heavy atom. The van der Waals surface area contributed by atoms with Gasteiger partial charge < -0.3 is 10.1 Å². The van der Waals surface area contributed by atoms with Gasteiger partial charge in [-0.15, -0.1) is 0 Å². The minimum atomic E-state index is -0.480. The fraction of sp³-hybridized carbons (Fsp3) is 0.286. The zero-order chi connectivity index (χ0) is 13.9. The first kappa shape index (κ1) is 13.3. The Morgan fingerprint density at radius 3 is 2.80 bits per heavy atom. The molecule has 6 heteroatoms. The van der Waals surface area contributed by atoms with Crippen molar-refractivity contribution in [2.24, 2.45) is 0 Å². The van der Waals surface area contributed by atoms with Crippen molar-refractivity contribution in [2.45, 2.75) is 25.4 Å². The fourth-order valence-electron chi connectivity index (χ4n) is 1.68. The Morgan fingerprint density at radius 1 is 1.30 bits per heavy atom. The van der Waals surface area contributed by atoms with E-state index >= 15 is 0 Å². The molecule has 1 aromatic heterocycles. The molecular formula is C14H13ClFN3O. The van der Waals surface area contributed by atoms with Crippen LogP contribution in [0.15, 0.2) is 30.6 Å². The van der Waals surface area contributed by atoms with Crippen LogP contribution in [0.4, 0.5) is 4.39 Å². The first-order valence-electron chi connectivity index (χ1n) is 6.38. The van der Waals surface area contributed by atoms with E-state index in [0.29, 0.717) is 24.2 Å². The second kappa shape index (κ2) is 5.73. The minimum Gasteiger partial charge on any atom is -0.437 e. The molecule has 1 heterocycles. The van der Waals surface area contributed by atoms with Gasteiger partial charge in [-0.3, -0.25) is 4.98 Å². The summed E-state index contributed by atoms with van der Waals surface area (Å²) < 4.78 is 18.5. The number of ether oxygens (including phenoxy) is 1. The lowest BCUT2D eigenvalue weighted by molar-refractivity contribution is 0.457. The number of nitrogens with zero attached hydrogens (tertiary/aromatic N) is 2. The molecule has 0 radical (unpaired) electrons. The molecule has 0 unspecified atom stereocenters. The molecule has 1 aliphatic carbocycles. The largest absolute Gasteiger partial charge is 0.437 e. The zero-order valence-corrected chi connectivity index (χ0v) is 11.4. The summed E-state index contributed by atoms with van der Waals surface area (Å²) in [6.07, 6.45) is 5.68. The van der Waals surface area contributed by atoms with E-state index in [9.17, 15) is 4.39 Å². The number of nitrogens with one attached hydrogen (secondary N) is 1. The summed E-state index contributed by atoms with van der Waals surface area (Å²) in [6, 6.07) is 4.78. The van der Waals surface area contributed by atoms with Crippen LogP contribution < -0.4 is 10.1 Å². The Balaban J connectivity index is 1.62. The first-order valence-corrected chi connectivity index (χ1v) is 6.76. The van der Waals surface area contributed by atoms with E-state index in [2.05, 4.69) is 15.3 Å². The second-order valence-corrected chi connectivity index (χ2v) is 5.09. The summed E-state index contributed by atoms with van der Waals surface area (Å²) in [5, 5.41) is 3.37. The summed E-state index contributed by atoms with van der Waals surface area (Å²) in [5.74, 6) is 0.295. The maximum Gasteiger partial charge on any atom is 0.237 e. The van der Waals surface area contributed by atoms with Crippen molar-refractivity contribution < 1.29 is 9.13 Å². The van der Waals surface area contributed by atoms with Gasteiger partial charge in [0.15, 0.2) is 0 Å². The highest BCUT2D eigenvalue weighted by Gasteiger charge is 2.20. The van der Waals surface area contributed by atoms with Crippen LogP contribution in [0.1, 0.15) is 18.5 Å². The average Bonchev–Trinajstić information content (AvgIpc) is 3.26. The topological polar surface area (TPSA) is 47.0 Å². The molecule has 0 atom stereocenters. The van der Waals surface area contributed by atoms with Gasteiger partial charge in [-0.25, -0.2) is 9.37 Å². The smallest absolute Gasteiger partial charge is 0.237 e. The van der Waals surface area contributed by atoms with Gasteiger partial charge in [-0.05, 0) is 25.0 Å². The number of hydrogen-bond donors (Lipinski definition) is 1. The summed E-state index contributed by atoms with van der Waals surface area (Å²) in [4.78, 5) is 8.42. The molecule has 104 valence electrons. The third-order valence-electron chi connectivity index (χ3n) is 2.94. The standard InChI is InChI=1S/C14H13ClFN3O/c15-12-5-11(3-4-13(12)16)20-14-8-18-10(7-19-14)6-17-9-1-2-9/h3-5,7-9,17H,1-2,6H2. The summed E-state index contributed by atoms with van der Waals surface area (Å²) in [7, 11) is 0. The summed E-state index contributed by atoms with van der Waals surface area (Å²) >= 11 is 5.68. The highest BCUT2D eigenvalue weighted by atomic mass is 35.5. The van der Waals surface area contributed by atoms with Crippen molar-refractivity contribution in [3.63, 3.8) is 0 Å². The van der Waals surface area contributed by atoms with Gasteiger partial charge in [0.25, 0.3) is 0 Å². The molecule has 1 saturated carbocycles. The van der Waals surface area contributed by atoms with Gasteiger partial charge in [0.1, 0.15) is 11.6 Å². The van der Waals surface area contributed by atoms with Crippen molar-refractivity contribution in [3.05, 3.63) is 47.1 Å². The van der Waals surface area contributed by atoms with Crippen molar-refractivity contribution in [1.82, 2.24) is 15.3 Å². The number of benzene rings is 1. The van der Waals surface area contributed by atoms with Gasteiger partial charge in [-0.1, -0.05) is 11.6 Å². The number of rotatable bonds is 5. The Kier molecular flexibility index (Phi) is 3.80. The van der Waals surface area contributed by atoms with E-state index in [4.69, 9.17) is 16.3 Å². The van der Waals surface area contributed by atoms with Crippen molar-refractivity contribution in [2.75, 3.05) is 0 Å². The van der Waals surface area contributed by atoms with Crippen LogP contribution in [0, 0.1) is 5.82 Å². The lowest BCUT2D eigenvalue weighted by atomic mass is 10.3. The molecule has 1 aliphatic rings. The first-order chi connectivity index (χ1) is 9.70. The van der Waals surface area contributed by atoms with Gasteiger partial charge in [0, 0.05) is 18.7 Å². The Bertz CT molecular complexity index is 602. The van der Waals surface area contributed by atoms with Gasteiger partial charge in [-0.2, -0.15) is 0 Å². The monoisotopic (exact) mass is 293 g/mol. The fourth-order valence-corrected chi connectivity index (χ4v) is 1.85. The summed E-state index contributed by atoms with van der Waals surface area (Å²) in [6.45, 7) is 0.709. The van der Waals surface area contributed by atoms with Crippen LogP contribution in [0.5, 0.6) is 11.6 Å². The van der Waals surface area contributed by atoms with Crippen molar-refractivity contribution >= 4 is 11.6 Å².